The van der Waals surface area contributed by atoms with Crippen molar-refractivity contribution in [3.05, 3.63) is 27.6 Å². The summed E-state index contributed by atoms with van der Waals surface area (Å²) in [5, 5.41) is -0.121. The number of hydrogen-bond acceptors (Lipinski definition) is 6. The molecule has 7 nitrogen and oxygen atoms in total. The number of halogens is 1. The Kier molecular flexibility index (Phi) is 7.08. The Hall–Kier alpha value is -2.19. The topological polar surface area (TPSA) is 76.2 Å². The van der Waals surface area contributed by atoms with Gasteiger partial charge in [-0.2, -0.15) is 0 Å². The molecule has 29 heavy (non-hydrogen) atoms. The lowest BCUT2D eigenvalue weighted by Gasteiger charge is -2.22. The van der Waals surface area contributed by atoms with Gasteiger partial charge in [0.25, 0.3) is 11.1 Å². The molecule has 2 heterocycles. The molecular formula is C20H23ClN2O5S. The Morgan fingerprint density at radius 3 is 2.45 bits per heavy atom. The zero-order chi connectivity index (χ0) is 21.0. The Balaban J connectivity index is 1.76. The summed E-state index contributed by atoms with van der Waals surface area (Å²) in [7, 11) is 2.97. The minimum Gasteiger partial charge on any atom is -0.493 e. The molecule has 3 rings (SSSR count). The van der Waals surface area contributed by atoms with Crippen LogP contribution < -0.4 is 9.47 Å². The molecule has 9 heteroatoms. The van der Waals surface area contributed by atoms with Crippen LogP contribution in [0.25, 0.3) is 6.08 Å². The fraction of sp³-hybridized carbons (Fsp3) is 0.450. The standard InChI is InChI=1S/C20H23ClN2O5S/c1-27-15-10-13(9-14(21)18(15)28-2)11-16-19(25)23(20(26)29-16)12-17(24)22-7-5-3-4-6-8-22/h9-11H,3-8,12H2,1-2H3. The molecule has 2 fully saturated rings. The number of hydrogen-bond donors (Lipinski definition) is 0. The van der Waals surface area contributed by atoms with Gasteiger partial charge in [0.15, 0.2) is 11.5 Å². The smallest absolute Gasteiger partial charge is 0.294 e. The van der Waals surface area contributed by atoms with Crippen LogP contribution in [0.4, 0.5) is 4.79 Å². The predicted molar refractivity (Wildman–Crippen MR) is 112 cm³/mol. The molecule has 0 atom stereocenters. The molecule has 0 aliphatic carbocycles. The van der Waals surface area contributed by atoms with Crippen molar-refractivity contribution in [1.29, 1.82) is 0 Å². The fourth-order valence-electron chi connectivity index (χ4n) is 3.36. The number of benzene rings is 1. The summed E-state index contributed by atoms with van der Waals surface area (Å²) in [6.45, 7) is 1.12. The fourth-order valence-corrected chi connectivity index (χ4v) is 4.50. The summed E-state index contributed by atoms with van der Waals surface area (Å²) in [5.41, 5.74) is 0.594. The molecule has 2 aliphatic heterocycles. The van der Waals surface area contributed by atoms with Crippen molar-refractivity contribution in [2.24, 2.45) is 0 Å². The first-order chi connectivity index (χ1) is 13.9. The first kappa shape index (κ1) is 21.5. The summed E-state index contributed by atoms with van der Waals surface area (Å²) in [5.74, 6) is 0.142. The maximum Gasteiger partial charge on any atom is 0.294 e. The molecule has 3 amide bonds. The zero-order valence-corrected chi connectivity index (χ0v) is 18.0. The number of thioether (sulfide) groups is 1. The van der Waals surface area contributed by atoms with Gasteiger partial charge in [0, 0.05) is 13.1 Å². The molecule has 2 saturated heterocycles. The number of nitrogens with zero attached hydrogens (tertiary/aromatic N) is 2. The van der Waals surface area contributed by atoms with E-state index in [2.05, 4.69) is 0 Å². The van der Waals surface area contributed by atoms with Crippen LogP contribution in [0.2, 0.25) is 5.02 Å². The summed E-state index contributed by atoms with van der Waals surface area (Å²) >= 11 is 7.02. The predicted octanol–water partition coefficient (Wildman–Crippen LogP) is 3.80. The zero-order valence-electron chi connectivity index (χ0n) is 16.4. The van der Waals surface area contributed by atoms with Gasteiger partial charge in [0.05, 0.1) is 24.1 Å². The van der Waals surface area contributed by atoms with Gasteiger partial charge >= 0.3 is 0 Å². The summed E-state index contributed by atoms with van der Waals surface area (Å²) in [6.07, 6.45) is 5.67. The number of methoxy groups -OCH3 is 2. The highest BCUT2D eigenvalue weighted by atomic mass is 35.5. The van der Waals surface area contributed by atoms with E-state index in [0.29, 0.717) is 35.2 Å². The van der Waals surface area contributed by atoms with E-state index < -0.39 is 11.1 Å². The van der Waals surface area contributed by atoms with Crippen LogP contribution in [0.1, 0.15) is 31.2 Å². The lowest BCUT2D eigenvalue weighted by atomic mass is 10.2. The molecule has 2 aliphatic rings. The number of carbonyl (C=O) groups is 3. The highest BCUT2D eigenvalue weighted by Crippen LogP contribution is 2.38. The molecule has 0 radical (unpaired) electrons. The van der Waals surface area contributed by atoms with Crippen molar-refractivity contribution in [3.63, 3.8) is 0 Å². The average Bonchev–Trinajstić information content (AvgIpc) is 2.90. The van der Waals surface area contributed by atoms with E-state index in [1.54, 1.807) is 23.1 Å². The second kappa shape index (κ2) is 9.54. The maximum atomic E-state index is 12.7. The summed E-state index contributed by atoms with van der Waals surface area (Å²) in [4.78, 5) is 40.6. The SMILES string of the molecule is COc1cc(C=C2SC(=O)N(CC(=O)N3CCCCCC3)C2=O)cc(Cl)c1OC. The van der Waals surface area contributed by atoms with E-state index in [0.717, 1.165) is 42.3 Å². The van der Waals surface area contributed by atoms with Gasteiger partial charge in [0.1, 0.15) is 6.54 Å². The maximum absolute atomic E-state index is 12.7. The van der Waals surface area contributed by atoms with Crippen LogP contribution in [-0.2, 0) is 9.59 Å². The molecule has 1 aromatic rings. The number of likely N-dealkylation sites (tertiary alicyclic amines) is 1. The first-order valence-electron chi connectivity index (χ1n) is 9.39. The molecule has 0 spiro atoms. The molecule has 1 aromatic carbocycles. The van der Waals surface area contributed by atoms with Gasteiger partial charge < -0.3 is 14.4 Å². The Morgan fingerprint density at radius 2 is 1.83 bits per heavy atom. The molecule has 0 N–H and O–H groups in total. The number of ether oxygens (including phenoxy) is 2. The second-order valence-corrected chi connectivity index (χ2v) is 8.20. The minimum atomic E-state index is -0.478. The summed E-state index contributed by atoms with van der Waals surface area (Å²) in [6, 6.07) is 3.29. The third-order valence-electron chi connectivity index (χ3n) is 4.88. The van der Waals surface area contributed by atoms with Crippen molar-refractivity contribution < 1.29 is 23.9 Å². The molecule has 156 valence electrons. The van der Waals surface area contributed by atoms with E-state index in [-0.39, 0.29) is 17.4 Å². The Labute approximate surface area is 178 Å². The number of rotatable bonds is 5. The van der Waals surface area contributed by atoms with Gasteiger partial charge in [-0.25, -0.2) is 0 Å². The van der Waals surface area contributed by atoms with Gasteiger partial charge in [0.2, 0.25) is 5.91 Å². The van der Waals surface area contributed by atoms with Gasteiger partial charge in [-0.1, -0.05) is 24.4 Å². The van der Waals surface area contributed by atoms with Crippen molar-refractivity contribution >= 4 is 46.5 Å². The van der Waals surface area contributed by atoms with Crippen molar-refractivity contribution in [2.75, 3.05) is 33.9 Å². The Bertz CT molecular complexity index is 850. The van der Waals surface area contributed by atoms with E-state index in [9.17, 15) is 14.4 Å². The molecule has 0 unspecified atom stereocenters. The highest BCUT2D eigenvalue weighted by Gasteiger charge is 2.37. The summed E-state index contributed by atoms with van der Waals surface area (Å²) < 4.78 is 10.5. The lowest BCUT2D eigenvalue weighted by molar-refractivity contribution is -0.135. The monoisotopic (exact) mass is 438 g/mol. The normalized spacial score (nSPS) is 18.9. The third-order valence-corrected chi connectivity index (χ3v) is 6.07. The number of amides is 3. The van der Waals surface area contributed by atoms with E-state index in [1.807, 2.05) is 0 Å². The van der Waals surface area contributed by atoms with Gasteiger partial charge in [-0.05, 0) is 48.4 Å². The van der Waals surface area contributed by atoms with Crippen LogP contribution in [0, 0.1) is 0 Å². The van der Waals surface area contributed by atoms with E-state index in [4.69, 9.17) is 21.1 Å². The van der Waals surface area contributed by atoms with Crippen LogP contribution in [0.15, 0.2) is 17.0 Å². The van der Waals surface area contributed by atoms with Crippen molar-refractivity contribution in [3.8, 4) is 11.5 Å². The molecule has 0 aromatic heterocycles. The quantitative estimate of drug-likeness (QED) is 0.651. The first-order valence-corrected chi connectivity index (χ1v) is 10.6. The highest BCUT2D eigenvalue weighted by molar-refractivity contribution is 8.18. The van der Waals surface area contributed by atoms with Gasteiger partial charge in [-0.3, -0.25) is 19.3 Å². The average molecular weight is 439 g/mol. The second-order valence-electron chi connectivity index (χ2n) is 6.80. The van der Waals surface area contributed by atoms with Crippen LogP contribution in [-0.4, -0.2) is 60.7 Å². The van der Waals surface area contributed by atoms with Crippen LogP contribution >= 0.6 is 23.4 Å². The van der Waals surface area contributed by atoms with Crippen molar-refractivity contribution in [2.45, 2.75) is 25.7 Å². The lowest BCUT2D eigenvalue weighted by Crippen LogP contribution is -2.42. The largest absolute Gasteiger partial charge is 0.493 e. The van der Waals surface area contributed by atoms with Crippen LogP contribution in [0.3, 0.4) is 0 Å². The number of carbonyl (C=O) groups excluding carboxylic acids is 3. The van der Waals surface area contributed by atoms with Crippen molar-refractivity contribution in [1.82, 2.24) is 9.80 Å². The molecule has 0 saturated carbocycles. The molecular weight excluding hydrogens is 416 g/mol. The Morgan fingerprint density at radius 1 is 1.14 bits per heavy atom. The van der Waals surface area contributed by atoms with Crippen LogP contribution in [0.5, 0.6) is 11.5 Å². The van der Waals surface area contributed by atoms with E-state index in [1.165, 1.54) is 14.2 Å². The minimum absolute atomic E-state index is 0.190. The molecule has 0 bridgehead atoms. The third kappa shape index (κ3) is 4.87. The van der Waals surface area contributed by atoms with E-state index >= 15 is 0 Å². The van der Waals surface area contributed by atoms with Gasteiger partial charge in [-0.15, -0.1) is 0 Å². The number of imide groups is 1.